The zero-order valence-corrected chi connectivity index (χ0v) is 20.8. The molecular weight excluding hydrogens is 389 g/mol. The fourth-order valence-electron chi connectivity index (χ4n) is 2.69. The van der Waals surface area contributed by atoms with Crippen molar-refractivity contribution < 1.29 is 26.6 Å². The molecule has 0 spiro atoms. The number of hydrogen-bond acceptors (Lipinski definition) is 6. The van der Waals surface area contributed by atoms with Gasteiger partial charge in [0.2, 0.25) is 0 Å². The first-order valence-corrected chi connectivity index (χ1v) is 15.5. The van der Waals surface area contributed by atoms with Crippen molar-refractivity contribution in [1.82, 2.24) is 0 Å². The van der Waals surface area contributed by atoms with Gasteiger partial charge in [0, 0.05) is 51.5 Å². The van der Waals surface area contributed by atoms with Gasteiger partial charge >= 0.3 is 27.9 Å². The molecule has 10 heteroatoms. The minimum atomic E-state index is -1.05. The quantitative estimate of drug-likeness (QED) is 0.315. The van der Waals surface area contributed by atoms with Gasteiger partial charge in [0.25, 0.3) is 0 Å². The lowest BCUT2D eigenvalue weighted by Gasteiger charge is -2.18. The van der Waals surface area contributed by atoms with E-state index in [4.69, 9.17) is 26.6 Å². The molecule has 0 saturated carbocycles. The minimum absolute atomic E-state index is 0.364. The first kappa shape index (κ1) is 25.6. The summed E-state index contributed by atoms with van der Waals surface area (Å²) in [6, 6.07) is 7.20. The van der Waals surface area contributed by atoms with Crippen LogP contribution < -0.4 is 0 Å². The molecule has 0 unspecified atom stereocenters. The third-order valence-electron chi connectivity index (χ3n) is 4.10. The van der Waals surface area contributed by atoms with Crippen LogP contribution >= 0.6 is 0 Å². The summed E-state index contributed by atoms with van der Waals surface area (Å²) in [5.41, 5.74) is 0. The van der Waals surface area contributed by atoms with Gasteiger partial charge in [-0.25, -0.2) is 0 Å². The SMILES string of the molecule is CO[Si](CCC[Si](CCC[Si](OC)OC)CCC[Si](OC)OC)OC. The number of hydrogen-bond donors (Lipinski definition) is 0. The zero-order valence-electron chi connectivity index (χ0n) is 16.8. The average Bonchev–Trinajstić information content (AvgIpc) is 2.65. The lowest BCUT2D eigenvalue weighted by atomic mass is 10.5. The second-order valence-corrected chi connectivity index (χ2v) is 14.8. The van der Waals surface area contributed by atoms with Crippen LogP contribution in [0.2, 0.25) is 36.3 Å². The Hall–Kier alpha value is 0.628. The molecule has 0 aliphatic heterocycles. The van der Waals surface area contributed by atoms with Crippen molar-refractivity contribution in [3.05, 3.63) is 0 Å². The maximum atomic E-state index is 5.40. The average molecular weight is 425 g/mol. The van der Waals surface area contributed by atoms with Crippen LogP contribution in [0.3, 0.4) is 0 Å². The highest BCUT2D eigenvalue weighted by molar-refractivity contribution is 6.59. The lowest BCUT2D eigenvalue weighted by molar-refractivity contribution is 0.277. The standard InChI is InChI=1S/C15H36O6Si4/c1-16-23(17-2)13-7-10-22(11-8-14-24(18-3)19-4)12-9-15-25(20-5)21-6/h7-15H2,1-6H3. The van der Waals surface area contributed by atoms with Crippen molar-refractivity contribution in [2.45, 2.75) is 55.5 Å². The maximum Gasteiger partial charge on any atom is 0.384 e. The van der Waals surface area contributed by atoms with Gasteiger partial charge in [0.15, 0.2) is 0 Å². The molecule has 0 aromatic carbocycles. The molecule has 0 heterocycles. The monoisotopic (exact) mass is 424 g/mol. The molecule has 0 aromatic heterocycles. The molecule has 0 bridgehead atoms. The van der Waals surface area contributed by atoms with Crippen LogP contribution in [0.4, 0.5) is 0 Å². The van der Waals surface area contributed by atoms with E-state index in [1.807, 2.05) is 0 Å². The molecule has 25 heavy (non-hydrogen) atoms. The summed E-state index contributed by atoms with van der Waals surface area (Å²) in [6.07, 6.45) is 3.63. The Morgan fingerprint density at radius 3 is 0.840 bits per heavy atom. The normalized spacial score (nSPS) is 12.2. The van der Waals surface area contributed by atoms with Crippen LogP contribution in [0, 0.1) is 0 Å². The van der Waals surface area contributed by atoms with E-state index < -0.39 is 27.9 Å². The number of rotatable bonds is 18. The molecule has 6 nitrogen and oxygen atoms in total. The molecule has 0 fully saturated rings. The molecule has 0 aromatic rings. The van der Waals surface area contributed by atoms with Gasteiger partial charge < -0.3 is 26.6 Å². The summed E-state index contributed by atoms with van der Waals surface area (Å²) < 4.78 is 32.4. The lowest BCUT2D eigenvalue weighted by Crippen LogP contribution is -2.22. The summed E-state index contributed by atoms with van der Waals surface area (Å²) in [5, 5.41) is 0. The van der Waals surface area contributed by atoms with Crippen LogP contribution in [0.15, 0.2) is 0 Å². The Labute approximate surface area is 161 Å². The van der Waals surface area contributed by atoms with Crippen molar-refractivity contribution in [2.75, 3.05) is 42.7 Å². The molecule has 148 valence electrons. The smallest absolute Gasteiger partial charge is 0.384 e. The Balaban J connectivity index is 4.24. The fourth-order valence-corrected chi connectivity index (χ4v) is 9.65. The molecular formula is C15H36O6Si4. The topological polar surface area (TPSA) is 55.4 Å². The van der Waals surface area contributed by atoms with E-state index in [0.717, 1.165) is 18.1 Å². The summed E-state index contributed by atoms with van der Waals surface area (Å²) >= 11 is 0. The molecule has 0 atom stereocenters. The van der Waals surface area contributed by atoms with Gasteiger partial charge in [-0.05, 0) is 18.1 Å². The van der Waals surface area contributed by atoms with Gasteiger partial charge in [-0.15, -0.1) is 0 Å². The molecule has 4 radical (unpaired) electrons. The first-order valence-electron chi connectivity index (χ1n) is 8.80. The van der Waals surface area contributed by atoms with E-state index in [2.05, 4.69) is 0 Å². The molecule has 0 saturated heterocycles. The Morgan fingerprint density at radius 2 is 0.640 bits per heavy atom. The van der Waals surface area contributed by atoms with Gasteiger partial charge in [-0.3, -0.25) is 0 Å². The van der Waals surface area contributed by atoms with Crippen molar-refractivity contribution in [2.24, 2.45) is 0 Å². The largest absolute Gasteiger partial charge is 0.397 e. The Morgan fingerprint density at radius 1 is 0.400 bits per heavy atom. The predicted molar refractivity (Wildman–Crippen MR) is 108 cm³/mol. The van der Waals surface area contributed by atoms with Crippen LogP contribution in [-0.2, 0) is 26.6 Å². The first-order chi connectivity index (χ1) is 12.1. The Bertz CT molecular complexity index is 236. The minimum Gasteiger partial charge on any atom is -0.397 e. The molecule has 0 amide bonds. The van der Waals surface area contributed by atoms with E-state index in [1.165, 1.54) is 37.4 Å². The van der Waals surface area contributed by atoms with Crippen LogP contribution in [0.5, 0.6) is 0 Å². The van der Waals surface area contributed by atoms with E-state index in [-0.39, 0.29) is 8.80 Å². The summed E-state index contributed by atoms with van der Waals surface area (Å²) in [7, 11) is 6.98. The molecule has 0 aliphatic carbocycles. The highest BCUT2D eigenvalue weighted by Crippen LogP contribution is 2.19. The van der Waals surface area contributed by atoms with Crippen molar-refractivity contribution >= 4 is 36.6 Å². The summed E-state index contributed by atoms with van der Waals surface area (Å²) in [6.45, 7) is 0. The molecule has 0 rings (SSSR count). The van der Waals surface area contributed by atoms with Crippen molar-refractivity contribution in [3.8, 4) is 0 Å². The maximum absolute atomic E-state index is 5.40. The third kappa shape index (κ3) is 13.4. The highest BCUT2D eigenvalue weighted by Gasteiger charge is 2.19. The van der Waals surface area contributed by atoms with Crippen LogP contribution in [0.1, 0.15) is 19.3 Å². The van der Waals surface area contributed by atoms with Gasteiger partial charge in [0.1, 0.15) is 0 Å². The van der Waals surface area contributed by atoms with Crippen molar-refractivity contribution in [1.29, 1.82) is 0 Å². The van der Waals surface area contributed by atoms with E-state index >= 15 is 0 Å². The van der Waals surface area contributed by atoms with Gasteiger partial charge in [-0.1, -0.05) is 37.4 Å². The second-order valence-electron chi connectivity index (χ2n) is 5.65. The predicted octanol–water partition coefficient (Wildman–Crippen LogP) is 2.99. The van der Waals surface area contributed by atoms with Crippen molar-refractivity contribution in [3.63, 3.8) is 0 Å². The molecule has 0 aliphatic rings. The Kier molecular flexibility index (Phi) is 18.5. The zero-order chi connectivity index (χ0) is 18.9. The van der Waals surface area contributed by atoms with E-state index in [0.29, 0.717) is 0 Å². The van der Waals surface area contributed by atoms with Gasteiger partial charge in [-0.2, -0.15) is 0 Å². The summed E-state index contributed by atoms with van der Waals surface area (Å²) in [4.78, 5) is 0. The summed E-state index contributed by atoms with van der Waals surface area (Å²) in [5.74, 6) is 0. The van der Waals surface area contributed by atoms with Crippen LogP contribution in [0.25, 0.3) is 0 Å². The fraction of sp³-hybridized carbons (Fsp3) is 1.00. The second kappa shape index (κ2) is 18.0. The van der Waals surface area contributed by atoms with E-state index in [1.54, 1.807) is 42.7 Å². The van der Waals surface area contributed by atoms with E-state index in [9.17, 15) is 0 Å². The van der Waals surface area contributed by atoms with Crippen LogP contribution in [-0.4, -0.2) is 79.3 Å². The molecule has 0 N–H and O–H groups in total. The highest BCUT2D eigenvalue weighted by atomic mass is 28.3. The van der Waals surface area contributed by atoms with Gasteiger partial charge in [0.05, 0.1) is 0 Å². The third-order valence-corrected chi connectivity index (χ3v) is 12.3.